The van der Waals surface area contributed by atoms with Crippen LogP contribution in [0.4, 0.5) is 10.8 Å². The van der Waals surface area contributed by atoms with Gasteiger partial charge in [-0.2, -0.15) is 0 Å². The molecular weight excluding hydrogens is 270 g/mol. The van der Waals surface area contributed by atoms with Crippen molar-refractivity contribution in [3.8, 4) is 5.75 Å². The quantitative estimate of drug-likeness (QED) is 0.915. The third kappa shape index (κ3) is 2.94. The molecule has 1 atom stereocenters. The summed E-state index contributed by atoms with van der Waals surface area (Å²) in [6, 6.07) is 8.32. The summed E-state index contributed by atoms with van der Waals surface area (Å²) in [5.74, 6) is 0.863. The maximum atomic E-state index is 5.18. The molecule has 0 saturated carbocycles. The van der Waals surface area contributed by atoms with Crippen LogP contribution < -0.4 is 15.0 Å². The molecule has 0 bridgehead atoms. The highest BCUT2D eigenvalue weighted by Gasteiger charge is 2.16. The van der Waals surface area contributed by atoms with Crippen molar-refractivity contribution < 1.29 is 4.74 Å². The topological polar surface area (TPSA) is 37.4 Å². The fourth-order valence-electron chi connectivity index (χ4n) is 1.99. The average Bonchev–Trinajstić information content (AvgIpc) is 2.87. The number of aromatic nitrogens is 1. The fraction of sp³-hybridized carbons (Fsp3) is 0.400. The zero-order chi connectivity index (χ0) is 14.7. The van der Waals surface area contributed by atoms with E-state index in [1.54, 1.807) is 18.4 Å². The molecule has 0 aliphatic carbocycles. The predicted octanol–water partition coefficient (Wildman–Crippen LogP) is 3.51. The Morgan fingerprint density at radius 3 is 2.50 bits per heavy atom. The summed E-state index contributed by atoms with van der Waals surface area (Å²) < 4.78 is 5.18. The van der Waals surface area contributed by atoms with Gasteiger partial charge in [0.2, 0.25) is 0 Å². The highest BCUT2D eigenvalue weighted by molar-refractivity contribution is 7.15. The second-order valence-electron chi connectivity index (χ2n) is 4.71. The molecule has 2 aromatic rings. The smallest absolute Gasteiger partial charge is 0.190 e. The van der Waals surface area contributed by atoms with Crippen LogP contribution in [0.3, 0.4) is 0 Å². The fourth-order valence-corrected chi connectivity index (χ4v) is 3.10. The van der Waals surface area contributed by atoms with Crippen LogP contribution in [-0.4, -0.2) is 26.2 Å². The molecule has 20 heavy (non-hydrogen) atoms. The second kappa shape index (κ2) is 6.24. The molecular formula is C15H21N3OS. The molecule has 108 valence electrons. The SMILES string of the molecule is CNC(C)c1sc(N(C)c2ccc(OC)cc2)nc1C. The van der Waals surface area contributed by atoms with E-state index >= 15 is 0 Å². The van der Waals surface area contributed by atoms with Gasteiger partial charge in [0.25, 0.3) is 0 Å². The van der Waals surface area contributed by atoms with Crippen molar-refractivity contribution in [2.45, 2.75) is 19.9 Å². The number of hydrogen-bond acceptors (Lipinski definition) is 5. The van der Waals surface area contributed by atoms with Gasteiger partial charge < -0.3 is 15.0 Å². The molecule has 0 spiro atoms. The standard InChI is InChI=1S/C15H21N3OS/c1-10(16-3)14-11(2)17-15(20-14)18(4)12-6-8-13(19-5)9-7-12/h6-10,16H,1-5H3. The monoisotopic (exact) mass is 291 g/mol. The summed E-state index contributed by atoms with van der Waals surface area (Å²) in [6.07, 6.45) is 0. The number of thiazole rings is 1. The molecule has 1 unspecified atom stereocenters. The Labute approximate surface area is 124 Å². The number of aryl methyl sites for hydroxylation is 1. The van der Waals surface area contributed by atoms with E-state index in [1.807, 2.05) is 38.4 Å². The number of hydrogen-bond donors (Lipinski definition) is 1. The van der Waals surface area contributed by atoms with E-state index in [1.165, 1.54) is 4.88 Å². The summed E-state index contributed by atoms with van der Waals surface area (Å²) in [5, 5.41) is 4.27. The number of rotatable bonds is 5. The molecule has 1 N–H and O–H groups in total. The Morgan fingerprint density at radius 2 is 1.95 bits per heavy atom. The first-order valence-electron chi connectivity index (χ1n) is 6.59. The molecule has 1 aromatic heterocycles. The van der Waals surface area contributed by atoms with Crippen LogP contribution in [0.15, 0.2) is 24.3 Å². The van der Waals surface area contributed by atoms with Crippen molar-refractivity contribution in [3.63, 3.8) is 0 Å². The molecule has 0 aliphatic rings. The molecule has 1 aromatic carbocycles. The summed E-state index contributed by atoms with van der Waals surface area (Å²) >= 11 is 1.73. The Bertz CT molecular complexity index is 565. The van der Waals surface area contributed by atoms with Crippen LogP contribution in [0.1, 0.15) is 23.5 Å². The van der Waals surface area contributed by atoms with Crippen LogP contribution in [0.2, 0.25) is 0 Å². The number of nitrogens with one attached hydrogen (secondary N) is 1. The minimum absolute atomic E-state index is 0.325. The Hall–Kier alpha value is -1.59. The van der Waals surface area contributed by atoms with Crippen molar-refractivity contribution in [3.05, 3.63) is 34.8 Å². The largest absolute Gasteiger partial charge is 0.497 e. The van der Waals surface area contributed by atoms with Gasteiger partial charge in [0, 0.05) is 23.7 Å². The predicted molar refractivity (Wildman–Crippen MR) is 85.4 cm³/mol. The normalized spacial score (nSPS) is 12.2. The van der Waals surface area contributed by atoms with Crippen molar-refractivity contribution in [1.82, 2.24) is 10.3 Å². The Morgan fingerprint density at radius 1 is 1.30 bits per heavy atom. The average molecular weight is 291 g/mol. The maximum absolute atomic E-state index is 5.18. The lowest BCUT2D eigenvalue weighted by molar-refractivity contribution is 0.415. The zero-order valence-corrected chi connectivity index (χ0v) is 13.4. The van der Waals surface area contributed by atoms with Crippen molar-refractivity contribution >= 4 is 22.2 Å². The number of ether oxygens (including phenoxy) is 1. The first-order chi connectivity index (χ1) is 9.56. The Kier molecular flexibility index (Phi) is 4.62. The summed E-state index contributed by atoms with van der Waals surface area (Å²) in [5.41, 5.74) is 2.19. The van der Waals surface area contributed by atoms with Crippen molar-refractivity contribution in [2.24, 2.45) is 0 Å². The molecule has 0 radical (unpaired) electrons. The minimum atomic E-state index is 0.325. The first-order valence-corrected chi connectivity index (χ1v) is 7.40. The lowest BCUT2D eigenvalue weighted by Gasteiger charge is -2.16. The summed E-state index contributed by atoms with van der Waals surface area (Å²) in [6.45, 7) is 4.21. The molecule has 1 heterocycles. The van der Waals surface area contributed by atoms with E-state index in [2.05, 4.69) is 29.0 Å². The highest BCUT2D eigenvalue weighted by Crippen LogP contribution is 2.33. The van der Waals surface area contributed by atoms with E-state index in [9.17, 15) is 0 Å². The third-order valence-electron chi connectivity index (χ3n) is 3.39. The number of nitrogens with zero attached hydrogens (tertiary/aromatic N) is 2. The van der Waals surface area contributed by atoms with Gasteiger partial charge >= 0.3 is 0 Å². The van der Waals surface area contributed by atoms with E-state index < -0.39 is 0 Å². The van der Waals surface area contributed by atoms with E-state index in [0.717, 1.165) is 22.3 Å². The molecule has 4 nitrogen and oxygen atoms in total. The van der Waals surface area contributed by atoms with E-state index in [0.29, 0.717) is 6.04 Å². The lowest BCUT2D eigenvalue weighted by Crippen LogP contribution is -2.11. The number of anilines is 2. The molecule has 0 fully saturated rings. The highest BCUT2D eigenvalue weighted by atomic mass is 32.1. The van der Waals surface area contributed by atoms with Crippen LogP contribution >= 0.6 is 11.3 Å². The lowest BCUT2D eigenvalue weighted by atomic mass is 10.2. The molecule has 2 rings (SSSR count). The first kappa shape index (κ1) is 14.8. The van der Waals surface area contributed by atoms with Gasteiger partial charge in [-0.3, -0.25) is 0 Å². The van der Waals surface area contributed by atoms with E-state index in [-0.39, 0.29) is 0 Å². The van der Waals surface area contributed by atoms with Crippen molar-refractivity contribution in [1.29, 1.82) is 0 Å². The minimum Gasteiger partial charge on any atom is -0.497 e. The summed E-state index contributed by atoms with van der Waals surface area (Å²) in [4.78, 5) is 8.05. The van der Waals surface area contributed by atoms with Gasteiger partial charge in [-0.05, 0) is 45.2 Å². The van der Waals surface area contributed by atoms with Crippen LogP contribution in [-0.2, 0) is 0 Å². The summed E-state index contributed by atoms with van der Waals surface area (Å²) in [7, 11) is 5.68. The van der Waals surface area contributed by atoms with Gasteiger partial charge in [-0.15, -0.1) is 0 Å². The van der Waals surface area contributed by atoms with Gasteiger partial charge in [-0.25, -0.2) is 4.98 Å². The number of benzene rings is 1. The second-order valence-corrected chi connectivity index (χ2v) is 5.72. The maximum Gasteiger partial charge on any atom is 0.190 e. The number of methoxy groups -OCH3 is 1. The zero-order valence-electron chi connectivity index (χ0n) is 12.6. The van der Waals surface area contributed by atoms with E-state index in [4.69, 9.17) is 4.74 Å². The molecule has 0 aliphatic heterocycles. The van der Waals surface area contributed by atoms with Crippen molar-refractivity contribution in [2.75, 3.05) is 26.1 Å². The molecule has 0 saturated heterocycles. The van der Waals surface area contributed by atoms with Gasteiger partial charge in [0.05, 0.1) is 12.8 Å². The Balaban J connectivity index is 2.26. The molecule has 0 amide bonds. The van der Waals surface area contributed by atoms with Gasteiger partial charge in [0.15, 0.2) is 5.13 Å². The van der Waals surface area contributed by atoms with Gasteiger partial charge in [0.1, 0.15) is 5.75 Å². The van der Waals surface area contributed by atoms with Crippen LogP contribution in [0.25, 0.3) is 0 Å². The van der Waals surface area contributed by atoms with Crippen LogP contribution in [0.5, 0.6) is 5.75 Å². The van der Waals surface area contributed by atoms with Crippen LogP contribution in [0, 0.1) is 6.92 Å². The molecule has 5 heteroatoms. The van der Waals surface area contributed by atoms with Gasteiger partial charge in [-0.1, -0.05) is 11.3 Å². The third-order valence-corrected chi connectivity index (χ3v) is 4.81.